The predicted octanol–water partition coefficient (Wildman–Crippen LogP) is 1.83. The molecule has 0 bridgehead atoms. The average Bonchev–Trinajstić information content (AvgIpc) is 2.46. The highest BCUT2D eigenvalue weighted by atomic mass is 16.6. The Morgan fingerprint density at radius 2 is 2.17 bits per heavy atom. The first-order valence-corrected chi connectivity index (χ1v) is 6.28. The number of carbonyl (C=O) groups excluding carboxylic acids is 1. The van der Waals surface area contributed by atoms with Gasteiger partial charge in [-0.3, -0.25) is 0 Å². The highest BCUT2D eigenvalue weighted by Gasteiger charge is 2.21. The fourth-order valence-electron chi connectivity index (χ4n) is 1.96. The van der Waals surface area contributed by atoms with Crippen LogP contribution < -0.4 is 0 Å². The van der Waals surface area contributed by atoms with E-state index >= 15 is 0 Å². The Labute approximate surface area is 107 Å². The molecule has 4 heteroatoms. The molecule has 1 aromatic carbocycles. The van der Waals surface area contributed by atoms with Crippen LogP contribution in [0, 0.1) is 0 Å². The molecule has 18 heavy (non-hydrogen) atoms. The molecule has 0 spiro atoms. The van der Waals surface area contributed by atoms with Crippen LogP contribution in [0.15, 0.2) is 30.3 Å². The van der Waals surface area contributed by atoms with Gasteiger partial charge >= 0.3 is 5.97 Å². The SMILES string of the molecule is O=C(OCC1CCCCO1)[C@H](O)c1ccccc1. The highest BCUT2D eigenvalue weighted by Crippen LogP contribution is 2.16. The van der Waals surface area contributed by atoms with Crippen molar-refractivity contribution >= 4 is 5.97 Å². The largest absolute Gasteiger partial charge is 0.461 e. The molecule has 0 aromatic heterocycles. The highest BCUT2D eigenvalue weighted by molar-refractivity contribution is 5.76. The molecule has 1 N–H and O–H groups in total. The maximum Gasteiger partial charge on any atom is 0.339 e. The fourth-order valence-corrected chi connectivity index (χ4v) is 1.96. The van der Waals surface area contributed by atoms with Gasteiger partial charge < -0.3 is 14.6 Å². The minimum Gasteiger partial charge on any atom is -0.461 e. The van der Waals surface area contributed by atoms with Crippen LogP contribution in [0.4, 0.5) is 0 Å². The molecule has 1 saturated heterocycles. The lowest BCUT2D eigenvalue weighted by molar-refractivity contribution is -0.159. The zero-order valence-electron chi connectivity index (χ0n) is 10.2. The summed E-state index contributed by atoms with van der Waals surface area (Å²) in [7, 11) is 0. The number of aliphatic hydroxyl groups excluding tert-OH is 1. The summed E-state index contributed by atoms with van der Waals surface area (Å²) in [4.78, 5) is 11.7. The van der Waals surface area contributed by atoms with Crippen molar-refractivity contribution in [2.75, 3.05) is 13.2 Å². The van der Waals surface area contributed by atoms with E-state index in [1.165, 1.54) is 0 Å². The number of hydrogen-bond donors (Lipinski definition) is 1. The summed E-state index contributed by atoms with van der Waals surface area (Å²) in [5, 5.41) is 9.80. The van der Waals surface area contributed by atoms with Crippen molar-refractivity contribution in [2.45, 2.75) is 31.5 Å². The van der Waals surface area contributed by atoms with Gasteiger partial charge in [-0.15, -0.1) is 0 Å². The lowest BCUT2D eigenvalue weighted by Crippen LogP contribution is -2.27. The maximum absolute atomic E-state index is 11.7. The van der Waals surface area contributed by atoms with E-state index in [-0.39, 0.29) is 12.7 Å². The monoisotopic (exact) mass is 250 g/mol. The number of rotatable bonds is 4. The van der Waals surface area contributed by atoms with Gasteiger partial charge in [0.05, 0.1) is 6.10 Å². The second-order valence-electron chi connectivity index (χ2n) is 4.43. The number of benzene rings is 1. The Balaban J connectivity index is 1.80. The summed E-state index contributed by atoms with van der Waals surface area (Å²) >= 11 is 0. The summed E-state index contributed by atoms with van der Waals surface area (Å²) in [6, 6.07) is 8.77. The smallest absolute Gasteiger partial charge is 0.339 e. The number of esters is 1. The van der Waals surface area contributed by atoms with Crippen LogP contribution >= 0.6 is 0 Å². The van der Waals surface area contributed by atoms with Crippen LogP contribution in [-0.4, -0.2) is 30.4 Å². The fraction of sp³-hybridized carbons (Fsp3) is 0.500. The third-order valence-corrected chi connectivity index (χ3v) is 3.02. The van der Waals surface area contributed by atoms with Crippen LogP contribution in [0.25, 0.3) is 0 Å². The average molecular weight is 250 g/mol. The van der Waals surface area contributed by atoms with E-state index in [9.17, 15) is 9.90 Å². The Bertz CT molecular complexity index is 371. The molecule has 2 rings (SSSR count). The molecule has 98 valence electrons. The molecule has 0 saturated carbocycles. The van der Waals surface area contributed by atoms with E-state index in [1.807, 2.05) is 6.07 Å². The van der Waals surface area contributed by atoms with E-state index in [1.54, 1.807) is 24.3 Å². The van der Waals surface area contributed by atoms with Crippen molar-refractivity contribution in [1.82, 2.24) is 0 Å². The molecule has 0 radical (unpaired) electrons. The van der Waals surface area contributed by atoms with Crippen LogP contribution in [0.1, 0.15) is 30.9 Å². The van der Waals surface area contributed by atoms with Crippen molar-refractivity contribution in [3.8, 4) is 0 Å². The first-order chi connectivity index (χ1) is 8.77. The third kappa shape index (κ3) is 3.55. The van der Waals surface area contributed by atoms with Crippen molar-refractivity contribution in [2.24, 2.45) is 0 Å². The second-order valence-corrected chi connectivity index (χ2v) is 4.43. The summed E-state index contributed by atoms with van der Waals surface area (Å²) in [5.41, 5.74) is 0.548. The van der Waals surface area contributed by atoms with E-state index in [0.717, 1.165) is 25.9 Å². The van der Waals surface area contributed by atoms with Crippen LogP contribution in [0.2, 0.25) is 0 Å². The number of hydrogen-bond acceptors (Lipinski definition) is 4. The third-order valence-electron chi connectivity index (χ3n) is 3.02. The minimum atomic E-state index is -1.21. The standard InChI is InChI=1S/C14H18O4/c15-13(11-6-2-1-3-7-11)14(16)18-10-12-8-4-5-9-17-12/h1-3,6-7,12-13,15H,4-5,8-10H2/t12?,13-/m1/s1. The minimum absolute atomic E-state index is 0.0225. The van der Waals surface area contributed by atoms with E-state index in [0.29, 0.717) is 5.56 Å². The molecular formula is C14H18O4. The van der Waals surface area contributed by atoms with E-state index in [4.69, 9.17) is 9.47 Å². The maximum atomic E-state index is 11.7. The van der Waals surface area contributed by atoms with Crippen molar-refractivity contribution in [1.29, 1.82) is 0 Å². The predicted molar refractivity (Wildman–Crippen MR) is 66.0 cm³/mol. The summed E-state index contributed by atoms with van der Waals surface area (Å²) in [5.74, 6) is -0.615. The summed E-state index contributed by atoms with van der Waals surface area (Å²) in [6.45, 7) is 0.951. The molecule has 4 nitrogen and oxygen atoms in total. The van der Waals surface area contributed by atoms with Gasteiger partial charge in [0, 0.05) is 6.61 Å². The van der Waals surface area contributed by atoms with Crippen molar-refractivity contribution < 1.29 is 19.4 Å². The molecule has 1 unspecified atom stereocenters. The van der Waals surface area contributed by atoms with Gasteiger partial charge in [0.1, 0.15) is 6.61 Å². The Morgan fingerprint density at radius 1 is 1.39 bits per heavy atom. The number of ether oxygens (including phenoxy) is 2. The van der Waals surface area contributed by atoms with Gasteiger partial charge in [-0.25, -0.2) is 4.79 Å². The van der Waals surface area contributed by atoms with Crippen LogP contribution in [0.5, 0.6) is 0 Å². The van der Waals surface area contributed by atoms with Crippen molar-refractivity contribution in [3.63, 3.8) is 0 Å². The van der Waals surface area contributed by atoms with Gasteiger partial charge in [0.15, 0.2) is 6.10 Å². The van der Waals surface area contributed by atoms with Gasteiger partial charge in [-0.05, 0) is 24.8 Å². The molecule has 1 fully saturated rings. The topological polar surface area (TPSA) is 55.8 Å². The number of aliphatic hydroxyl groups is 1. The van der Waals surface area contributed by atoms with E-state index < -0.39 is 12.1 Å². The van der Waals surface area contributed by atoms with E-state index in [2.05, 4.69) is 0 Å². The van der Waals surface area contributed by atoms with Crippen molar-refractivity contribution in [3.05, 3.63) is 35.9 Å². The molecule has 2 atom stereocenters. The van der Waals surface area contributed by atoms with Gasteiger partial charge in [-0.1, -0.05) is 30.3 Å². The molecule has 0 aliphatic carbocycles. The second kappa shape index (κ2) is 6.52. The molecule has 0 amide bonds. The molecule has 1 aromatic rings. The summed E-state index contributed by atoms with van der Waals surface area (Å²) in [6.07, 6.45) is 1.84. The Hall–Kier alpha value is -1.39. The molecule has 1 aliphatic rings. The van der Waals surface area contributed by atoms with Gasteiger partial charge in [0.2, 0.25) is 0 Å². The zero-order chi connectivity index (χ0) is 12.8. The molecular weight excluding hydrogens is 232 g/mol. The first-order valence-electron chi connectivity index (χ1n) is 6.28. The molecule has 1 heterocycles. The lowest BCUT2D eigenvalue weighted by Gasteiger charge is -2.22. The normalized spacial score (nSPS) is 21.3. The zero-order valence-corrected chi connectivity index (χ0v) is 10.2. The number of carbonyl (C=O) groups is 1. The van der Waals surface area contributed by atoms with Crippen LogP contribution in [0.3, 0.4) is 0 Å². The summed E-state index contributed by atoms with van der Waals surface area (Å²) < 4.78 is 10.5. The van der Waals surface area contributed by atoms with Gasteiger partial charge in [0.25, 0.3) is 0 Å². The van der Waals surface area contributed by atoms with Crippen LogP contribution in [-0.2, 0) is 14.3 Å². The van der Waals surface area contributed by atoms with Gasteiger partial charge in [-0.2, -0.15) is 0 Å². The first kappa shape index (κ1) is 13.1. The Morgan fingerprint density at radius 3 is 2.83 bits per heavy atom. The lowest BCUT2D eigenvalue weighted by atomic mass is 10.1. The molecule has 1 aliphatic heterocycles. The Kier molecular flexibility index (Phi) is 4.73. The quantitative estimate of drug-likeness (QED) is 0.828.